The standard InChI is InChI=1S/C13H11BrN4OS/c1-7-6-20-13(15-7)17-12(19)11-8(2)16-10-4-3-9(14)5-18(10)11/h3-6H,1-2H3,(H,15,17,19). The van der Waals surface area contributed by atoms with E-state index in [1.165, 1.54) is 11.3 Å². The lowest BCUT2D eigenvalue weighted by atomic mass is 10.3. The van der Waals surface area contributed by atoms with Crippen LogP contribution in [-0.2, 0) is 0 Å². The molecule has 0 atom stereocenters. The Balaban J connectivity index is 2.02. The van der Waals surface area contributed by atoms with E-state index in [9.17, 15) is 4.79 Å². The summed E-state index contributed by atoms with van der Waals surface area (Å²) in [5.41, 5.74) is 2.84. The Morgan fingerprint density at radius 2 is 2.15 bits per heavy atom. The first-order valence-corrected chi connectivity index (χ1v) is 7.59. The molecule has 0 unspecified atom stereocenters. The van der Waals surface area contributed by atoms with Crippen molar-refractivity contribution in [2.24, 2.45) is 0 Å². The van der Waals surface area contributed by atoms with Crippen LogP contribution in [0, 0.1) is 13.8 Å². The molecule has 0 aliphatic rings. The summed E-state index contributed by atoms with van der Waals surface area (Å²) in [6, 6.07) is 3.76. The lowest BCUT2D eigenvalue weighted by Crippen LogP contribution is -2.15. The van der Waals surface area contributed by atoms with E-state index in [1.807, 2.05) is 37.6 Å². The van der Waals surface area contributed by atoms with Gasteiger partial charge in [0.15, 0.2) is 5.13 Å². The van der Waals surface area contributed by atoms with Crippen molar-refractivity contribution in [3.05, 3.63) is 45.3 Å². The quantitative estimate of drug-likeness (QED) is 0.770. The molecule has 0 aromatic carbocycles. The van der Waals surface area contributed by atoms with Crippen molar-refractivity contribution >= 4 is 44.0 Å². The summed E-state index contributed by atoms with van der Waals surface area (Å²) in [6.07, 6.45) is 1.83. The largest absolute Gasteiger partial charge is 0.296 e. The minimum Gasteiger partial charge on any atom is -0.296 e. The van der Waals surface area contributed by atoms with Gasteiger partial charge in [-0.25, -0.2) is 9.97 Å². The first-order valence-electron chi connectivity index (χ1n) is 5.92. The first-order chi connectivity index (χ1) is 9.54. The third-order valence-corrected chi connectivity index (χ3v) is 4.16. The van der Waals surface area contributed by atoms with E-state index in [1.54, 1.807) is 4.40 Å². The van der Waals surface area contributed by atoms with Crippen molar-refractivity contribution in [2.45, 2.75) is 13.8 Å². The van der Waals surface area contributed by atoms with Crippen LogP contribution in [0.25, 0.3) is 5.65 Å². The number of carbonyl (C=O) groups is 1. The Morgan fingerprint density at radius 1 is 1.35 bits per heavy atom. The van der Waals surface area contributed by atoms with E-state index in [2.05, 4.69) is 31.2 Å². The second-order valence-corrected chi connectivity index (χ2v) is 6.14. The summed E-state index contributed by atoms with van der Waals surface area (Å²) < 4.78 is 2.66. The number of aryl methyl sites for hydroxylation is 2. The van der Waals surface area contributed by atoms with Crippen LogP contribution in [0.2, 0.25) is 0 Å². The van der Waals surface area contributed by atoms with Gasteiger partial charge in [-0.05, 0) is 41.9 Å². The second kappa shape index (κ2) is 4.99. The highest BCUT2D eigenvalue weighted by molar-refractivity contribution is 9.10. The second-order valence-electron chi connectivity index (χ2n) is 4.37. The maximum Gasteiger partial charge on any atom is 0.276 e. The molecule has 1 N–H and O–H groups in total. The fourth-order valence-corrected chi connectivity index (χ4v) is 3.00. The zero-order chi connectivity index (χ0) is 14.3. The molecule has 102 valence electrons. The number of carbonyl (C=O) groups excluding carboxylic acids is 1. The number of halogens is 1. The van der Waals surface area contributed by atoms with Crippen LogP contribution in [0.5, 0.6) is 0 Å². The Hall–Kier alpha value is -1.73. The number of nitrogens with zero attached hydrogens (tertiary/aromatic N) is 3. The van der Waals surface area contributed by atoms with Crippen LogP contribution in [0.3, 0.4) is 0 Å². The normalized spacial score (nSPS) is 10.9. The highest BCUT2D eigenvalue weighted by Crippen LogP contribution is 2.19. The molecule has 0 aliphatic carbocycles. The molecule has 20 heavy (non-hydrogen) atoms. The number of amides is 1. The van der Waals surface area contributed by atoms with E-state index in [0.717, 1.165) is 15.8 Å². The van der Waals surface area contributed by atoms with Crippen LogP contribution in [0.15, 0.2) is 28.2 Å². The smallest absolute Gasteiger partial charge is 0.276 e. The fourth-order valence-electron chi connectivity index (χ4n) is 1.98. The maximum absolute atomic E-state index is 12.4. The molecule has 1 amide bonds. The van der Waals surface area contributed by atoms with Gasteiger partial charge < -0.3 is 0 Å². The average molecular weight is 351 g/mol. The number of anilines is 1. The maximum atomic E-state index is 12.4. The first kappa shape index (κ1) is 13.3. The van der Waals surface area contributed by atoms with Crippen molar-refractivity contribution < 1.29 is 4.79 Å². The molecule has 3 aromatic heterocycles. The van der Waals surface area contributed by atoms with Crippen LogP contribution < -0.4 is 5.32 Å². The lowest BCUT2D eigenvalue weighted by Gasteiger charge is -2.03. The van der Waals surface area contributed by atoms with E-state index in [-0.39, 0.29) is 5.91 Å². The van der Waals surface area contributed by atoms with Crippen molar-refractivity contribution in [3.63, 3.8) is 0 Å². The molecule has 0 aliphatic heterocycles. The van der Waals surface area contributed by atoms with E-state index in [4.69, 9.17) is 0 Å². The summed E-state index contributed by atoms with van der Waals surface area (Å²) in [7, 11) is 0. The van der Waals surface area contributed by atoms with Gasteiger partial charge in [-0.2, -0.15) is 0 Å². The number of thiazole rings is 1. The highest BCUT2D eigenvalue weighted by atomic mass is 79.9. The molecular formula is C13H11BrN4OS. The number of hydrogen-bond donors (Lipinski definition) is 1. The summed E-state index contributed by atoms with van der Waals surface area (Å²) in [5.74, 6) is -0.206. The van der Waals surface area contributed by atoms with Gasteiger partial charge in [-0.1, -0.05) is 0 Å². The van der Waals surface area contributed by atoms with Gasteiger partial charge in [-0.15, -0.1) is 11.3 Å². The van der Waals surface area contributed by atoms with Crippen LogP contribution in [0.4, 0.5) is 5.13 Å². The average Bonchev–Trinajstić information content (AvgIpc) is 2.91. The molecule has 0 saturated heterocycles. The number of hydrogen-bond acceptors (Lipinski definition) is 4. The van der Waals surface area contributed by atoms with Gasteiger partial charge in [-0.3, -0.25) is 14.5 Å². The topological polar surface area (TPSA) is 59.3 Å². The molecule has 5 nitrogen and oxygen atoms in total. The number of pyridine rings is 1. The van der Waals surface area contributed by atoms with Crippen molar-refractivity contribution in [2.75, 3.05) is 5.32 Å². The van der Waals surface area contributed by atoms with Gasteiger partial charge in [0.05, 0.1) is 11.4 Å². The number of fused-ring (bicyclic) bond motifs is 1. The third kappa shape index (κ3) is 2.34. The minimum absolute atomic E-state index is 0.206. The molecule has 7 heteroatoms. The van der Waals surface area contributed by atoms with E-state index >= 15 is 0 Å². The molecule has 0 radical (unpaired) electrons. The molecule has 3 aromatic rings. The zero-order valence-corrected chi connectivity index (χ0v) is 13.2. The number of nitrogens with one attached hydrogen (secondary N) is 1. The molecule has 0 saturated carbocycles. The van der Waals surface area contributed by atoms with E-state index in [0.29, 0.717) is 16.5 Å². The summed E-state index contributed by atoms with van der Waals surface area (Å²) in [4.78, 5) is 21.0. The van der Waals surface area contributed by atoms with Gasteiger partial charge in [0.2, 0.25) is 0 Å². The van der Waals surface area contributed by atoms with Crippen molar-refractivity contribution in [1.29, 1.82) is 0 Å². The summed E-state index contributed by atoms with van der Waals surface area (Å²) in [5, 5.41) is 5.30. The molecule has 3 heterocycles. The monoisotopic (exact) mass is 350 g/mol. The fraction of sp³-hybridized carbons (Fsp3) is 0.154. The Kier molecular flexibility index (Phi) is 3.31. The molecule has 0 bridgehead atoms. The van der Waals surface area contributed by atoms with Crippen LogP contribution >= 0.6 is 27.3 Å². The lowest BCUT2D eigenvalue weighted by molar-refractivity contribution is 0.102. The van der Waals surface area contributed by atoms with E-state index < -0.39 is 0 Å². The number of aromatic nitrogens is 3. The summed E-state index contributed by atoms with van der Waals surface area (Å²) in [6.45, 7) is 3.71. The molecule has 0 fully saturated rings. The predicted octanol–water partition coefficient (Wildman–Crippen LogP) is 3.42. The number of rotatable bonds is 2. The molecule has 0 spiro atoms. The number of imidazole rings is 1. The van der Waals surface area contributed by atoms with Crippen molar-refractivity contribution in [1.82, 2.24) is 14.4 Å². The minimum atomic E-state index is -0.206. The Morgan fingerprint density at radius 3 is 2.85 bits per heavy atom. The molecule has 3 rings (SSSR count). The van der Waals surface area contributed by atoms with Gasteiger partial charge >= 0.3 is 0 Å². The van der Waals surface area contributed by atoms with Gasteiger partial charge in [0.25, 0.3) is 5.91 Å². The SMILES string of the molecule is Cc1csc(NC(=O)c2c(C)nc3ccc(Br)cn23)n1. The van der Waals surface area contributed by atoms with Crippen LogP contribution in [-0.4, -0.2) is 20.3 Å². The molecular weight excluding hydrogens is 340 g/mol. The van der Waals surface area contributed by atoms with Crippen molar-refractivity contribution in [3.8, 4) is 0 Å². The third-order valence-electron chi connectivity index (χ3n) is 2.81. The Labute approximate surface area is 127 Å². The summed E-state index contributed by atoms with van der Waals surface area (Å²) >= 11 is 4.81. The predicted molar refractivity (Wildman–Crippen MR) is 82.4 cm³/mol. The van der Waals surface area contributed by atoms with Crippen LogP contribution in [0.1, 0.15) is 21.9 Å². The highest BCUT2D eigenvalue weighted by Gasteiger charge is 2.17. The van der Waals surface area contributed by atoms with Gasteiger partial charge in [0, 0.05) is 16.0 Å². The zero-order valence-electron chi connectivity index (χ0n) is 10.8. The Bertz CT molecular complexity index is 808. The van der Waals surface area contributed by atoms with Gasteiger partial charge in [0.1, 0.15) is 11.3 Å².